The van der Waals surface area contributed by atoms with Crippen molar-refractivity contribution in [1.82, 2.24) is 24.1 Å². The summed E-state index contributed by atoms with van der Waals surface area (Å²) in [7, 11) is 0. The third-order valence-corrected chi connectivity index (χ3v) is 6.10. The molecule has 0 bridgehead atoms. The molecule has 2 aromatic carbocycles. The van der Waals surface area contributed by atoms with Crippen LogP contribution >= 0.6 is 11.9 Å². The number of aromatic nitrogens is 4. The summed E-state index contributed by atoms with van der Waals surface area (Å²) in [5, 5.41) is 16.7. The van der Waals surface area contributed by atoms with Gasteiger partial charge >= 0.3 is 5.97 Å². The zero-order valence-electron chi connectivity index (χ0n) is 17.9. The van der Waals surface area contributed by atoms with Crippen molar-refractivity contribution < 1.29 is 9.90 Å². The molecule has 0 spiro atoms. The Labute approximate surface area is 195 Å². The molecule has 166 valence electrons. The molecule has 2 aromatic heterocycles. The smallest absolute Gasteiger partial charge is 0.307 e. The standard InChI is InChI=1S/C24H22N6O2S/c1-17-12-21(27-26-17)30(19-7-3-2-4-8-19)23-16-28(15-22-25-10-11-29(22)23)33-20-9-5-6-18(13-20)14-24(31)32/h2-13,16H,14-15H2,1H3,(H,26,27)(H,31,32). The first-order chi connectivity index (χ1) is 16.1. The van der Waals surface area contributed by atoms with Crippen LogP contribution in [0.5, 0.6) is 0 Å². The predicted octanol–water partition coefficient (Wildman–Crippen LogP) is 4.66. The Morgan fingerprint density at radius 2 is 2.03 bits per heavy atom. The minimum absolute atomic E-state index is 0.000189. The summed E-state index contributed by atoms with van der Waals surface area (Å²) in [4.78, 5) is 18.7. The van der Waals surface area contributed by atoms with Gasteiger partial charge in [0.05, 0.1) is 19.2 Å². The van der Waals surface area contributed by atoms with Crippen LogP contribution in [-0.2, 0) is 17.8 Å². The lowest BCUT2D eigenvalue weighted by molar-refractivity contribution is -0.136. The molecule has 0 saturated carbocycles. The number of imidazole rings is 1. The van der Waals surface area contributed by atoms with Crippen LogP contribution < -0.4 is 4.90 Å². The van der Waals surface area contributed by atoms with Gasteiger partial charge in [0.15, 0.2) is 5.82 Å². The molecule has 0 atom stereocenters. The quantitative estimate of drug-likeness (QED) is 0.389. The molecule has 5 rings (SSSR count). The number of nitrogens with zero attached hydrogens (tertiary/aromatic N) is 5. The van der Waals surface area contributed by atoms with Crippen LogP contribution in [0.15, 0.2) is 84.2 Å². The van der Waals surface area contributed by atoms with Gasteiger partial charge < -0.3 is 9.41 Å². The second-order valence-electron chi connectivity index (χ2n) is 7.67. The van der Waals surface area contributed by atoms with Gasteiger partial charge in [0.2, 0.25) is 0 Å². The fraction of sp³-hybridized carbons (Fsp3) is 0.125. The molecule has 0 radical (unpaired) electrons. The third-order valence-electron chi connectivity index (χ3n) is 5.16. The summed E-state index contributed by atoms with van der Waals surface area (Å²) in [6.45, 7) is 2.58. The molecular weight excluding hydrogens is 436 g/mol. The van der Waals surface area contributed by atoms with Gasteiger partial charge in [-0.3, -0.25) is 19.4 Å². The lowest BCUT2D eigenvalue weighted by Gasteiger charge is -2.32. The van der Waals surface area contributed by atoms with E-state index >= 15 is 0 Å². The number of carboxylic acid groups (broad SMARTS) is 1. The topological polar surface area (TPSA) is 90.3 Å². The molecule has 1 aliphatic heterocycles. The number of H-pyrrole nitrogens is 1. The minimum Gasteiger partial charge on any atom is -0.481 e. The van der Waals surface area contributed by atoms with Crippen molar-refractivity contribution in [2.75, 3.05) is 4.90 Å². The molecule has 9 heteroatoms. The van der Waals surface area contributed by atoms with Crippen LogP contribution in [0.4, 0.5) is 11.5 Å². The Morgan fingerprint density at radius 1 is 1.18 bits per heavy atom. The fourth-order valence-corrected chi connectivity index (χ4v) is 4.70. The van der Waals surface area contributed by atoms with E-state index < -0.39 is 5.97 Å². The number of aromatic amines is 1. The summed E-state index contributed by atoms with van der Waals surface area (Å²) in [5.41, 5.74) is 2.72. The van der Waals surface area contributed by atoms with Crippen LogP contribution in [0, 0.1) is 6.92 Å². The molecular formula is C24H22N6O2S. The maximum atomic E-state index is 11.1. The Kier molecular flexibility index (Phi) is 5.62. The number of benzene rings is 2. The molecule has 0 aliphatic carbocycles. The van der Waals surface area contributed by atoms with Gasteiger partial charge in [0.1, 0.15) is 11.6 Å². The number of fused-ring (bicyclic) bond motifs is 1. The summed E-state index contributed by atoms with van der Waals surface area (Å²) < 4.78 is 4.17. The Balaban J connectivity index is 1.54. The highest BCUT2D eigenvalue weighted by Gasteiger charge is 2.26. The first kappa shape index (κ1) is 20.9. The SMILES string of the molecule is Cc1cc(N(C2=CN(Sc3cccc(CC(=O)O)c3)Cc3nccn32)c2ccccc2)n[nH]1. The first-order valence-electron chi connectivity index (χ1n) is 10.4. The summed E-state index contributed by atoms with van der Waals surface area (Å²) in [6, 6.07) is 19.7. The molecule has 0 unspecified atom stereocenters. The number of aliphatic carboxylic acids is 1. The van der Waals surface area contributed by atoms with E-state index in [0.29, 0.717) is 6.54 Å². The molecule has 0 saturated heterocycles. The zero-order valence-corrected chi connectivity index (χ0v) is 18.7. The number of hydrogen-bond donors (Lipinski definition) is 2. The van der Waals surface area contributed by atoms with E-state index in [1.54, 1.807) is 18.1 Å². The Bertz CT molecular complexity index is 1310. The van der Waals surface area contributed by atoms with Gasteiger partial charge in [-0.2, -0.15) is 5.10 Å². The van der Waals surface area contributed by atoms with Crippen LogP contribution in [0.1, 0.15) is 17.1 Å². The van der Waals surface area contributed by atoms with E-state index in [9.17, 15) is 4.79 Å². The van der Waals surface area contributed by atoms with Crippen molar-refractivity contribution in [3.8, 4) is 0 Å². The van der Waals surface area contributed by atoms with E-state index in [0.717, 1.165) is 39.3 Å². The molecule has 0 amide bonds. The molecule has 33 heavy (non-hydrogen) atoms. The zero-order chi connectivity index (χ0) is 22.8. The highest BCUT2D eigenvalue weighted by Crippen LogP contribution is 2.36. The maximum absolute atomic E-state index is 11.1. The minimum atomic E-state index is -0.841. The molecule has 8 nitrogen and oxygen atoms in total. The first-order valence-corrected chi connectivity index (χ1v) is 11.2. The lowest BCUT2D eigenvalue weighted by Crippen LogP contribution is -2.28. The second kappa shape index (κ2) is 8.87. The van der Waals surface area contributed by atoms with Crippen LogP contribution in [-0.4, -0.2) is 35.1 Å². The maximum Gasteiger partial charge on any atom is 0.307 e. The summed E-state index contributed by atoms with van der Waals surface area (Å²) >= 11 is 1.55. The Hall–Kier alpha value is -3.98. The molecule has 1 aliphatic rings. The summed E-state index contributed by atoms with van der Waals surface area (Å²) in [5.74, 6) is 1.72. The van der Waals surface area contributed by atoms with Gasteiger partial charge in [-0.05, 0) is 48.7 Å². The van der Waals surface area contributed by atoms with Crippen molar-refractivity contribution in [1.29, 1.82) is 0 Å². The number of carbonyl (C=O) groups is 1. The number of para-hydroxylation sites is 1. The number of carboxylic acids is 1. The van der Waals surface area contributed by atoms with E-state index in [4.69, 9.17) is 5.11 Å². The molecule has 0 fully saturated rings. The second-order valence-corrected chi connectivity index (χ2v) is 8.79. The average molecular weight is 459 g/mol. The van der Waals surface area contributed by atoms with Crippen LogP contribution in [0.25, 0.3) is 5.82 Å². The van der Waals surface area contributed by atoms with Gasteiger partial charge in [-0.15, -0.1) is 0 Å². The number of hydrogen-bond acceptors (Lipinski definition) is 6. The predicted molar refractivity (Wildman–Crippen MR) is 128 cm³/mol. The molecule has 4 aromatic rings. The summed E-state index contributed by atoms with van der Waals surface area (Å²) in [6.07, 6.45) is 5.82. The lowest BCUT2D eigenvalue weighted by atomic mass is 10.2. The van der Waals surface area contributed by atoms with E-state index in [2.05, 4.69) is 35.2 Å². The van der Waals surface area contributed by atoms with E-state index in [1.807, 2.05) is 73.8 Å². The average Bonchev–Trinajstić information content (AvgIpc) is 3.43. The van der Waals surface area contributed by atoms with Gasteiger partial charge in [0.25, 0.3) is 0 Å². The van der Waals surface area contributed by atoms with Crippen LogP contribution in [0.2, 0.25) is 0 Å². The van der Waals surface area contributed by atoms with Gasteiger partial charge in [-0.25, -0.2) is 4.98 Å². The van der Waals surface area contributed by atoms with Crippen molar-refractivity contribution in [3.05, 3.63) is 96.3 Å². The molecule has 3 heterocycles. The number of aryl methyl sites for hydroxylation is 1. The fourth-order valence-electron chi connectivity index (χ4n) is 3.76. The van der Waals surface area contributed by atoms with Gasteiger partial charge in [0, 0.05) is 34.7 Å². The number of anilines is 2. The third kappa shape index (κ3) is 4.49. The van der Waals surface area contributed by atoms with E-state index in [-0.39, 0.29) is 6.42 Å². The number of rotatable bonds is 7. The largest absolute Gasteiger partial charge is 0.481 e. The van der Waals surface area contributed by atoms with Crippen molar-refractivity contribution in [2.45, 2.75) is 24.8 Å². The monoisotopic (exact) mass is 458 g/mol. The van der Waals surface area contributed by atoms with Crippen LogP contribution in [0.3, 0.4) is 0 Å². The van der Waals surface area contributed by atoms with Crippen molar-refractivity contribution in [2.24, 2.45) is 0 Å². The Morgan fingerprint density at radius 3 is 2.79 bits per heavy atom. The van der Waals surface area contributed by atoms with E-state index in [1.165, 1.54) is 0 Å². The molecule has 2 N–H and O–H groups in total. The highest BCUT2D eigenvalue weighted by molar-refractivity contribution is 7.97. The number of nitrogens with one attached hydrogen (secondary N) is 1. The van der Waals surface area contributed by atoms with Crippen molar-refractivity contribution in [3.63, 3.8) is 0 Å². The normalized spacial score (nSPS) is 12.9. The van der Waals surface area contributed by atoms with Gasteiger partial charge in [-0.1, -0.05) is 30.3 Å². The van der Waals surface area contributed by atoms with Crippen molar-refractivity contribution >= 4 is 35.2 Å². The highest BCUT2D eigenvalue weighted by atomic mass is 32.2.